The first kappa shape index (κ1) is 22.0. The Kier molecular flexibility index (Phi) is 6.58. The van der Waals surface area contributed by atoms with Crippen LogP contribution in [0.15, 0.2) is 47.4 Å². The summed E-state index contributed by atoms with van der Waals surface area (Å²) in [7, 11) is -3.56. The van der Waals surface area contributed by atoms with Crippen LogP contribution in [0.25, 0.3) is 0 Å². The number of rotatable bonds is 5. The van der Waals surface area contributed by atoms with E-state index in [4.69, 9.17) is 0 Å². The van der Waals surface area contributed by atoms with E-state index in [9.17, 15) is 18.0 Å². The maximum absolute atomic E-state index is 12.9. The van der Waals surface area contributed by atoms with Crippen LogP contribution in [0.2, 0.25) is 0 Å². The van der Waals surface area contributed by atoms with Crippen LogP contribution < -0.4 is 10.6 Å². The smallest absolute Gasteiger partial charge is 0.243 e. The molecule has 2 aromatic rings. The number of hydrogen-bond acceptors (Lipinski definition) is 4. The number of amides is 2. The van der Waals surface area contributed by atoms with Gasteiger partial charge in [0.05, 0.1) is 4.90 Å². The number of piperidine rings is 1. The first-order chi connectivity index (χ1) is 14.2. The molecular formula is C22H27N3O4S. The van der Waals surface area contributed by atoms with Crippen molar-refractivity contribution in [2.24, 2.45) is 5.92 Å². The Bertz CT molecular complexity index is 1040. The molecule has 1 saturated heterocycles. The van der Waals surface area contributed by atoms with Gasteiger partial charge in [-0.2, -0.15) is 4.31 Å². The Morgan fingerprint density at radius 3 is 2.00 bits per heavy atom. The lowest BCUT2D eigenvalue weighted by molar-refractivity contribution is -0.121. The first-order valence-corrected chi connectivity index (χ1v) is 11.4. The predicted octanol–water partition coefficient (Wildman–Crippen LogP) is 3.30. The van der Waals surface area contributed by atoms with Gasteiger partial charge in [0.25, 0.3) is 0 Å². The molecule has 0 bridgehead atoms. The normalized spacial score (nSPS) is 15.6. The summed E-state index contributed by atoms with van der Waals surface area (Å²) < 4.78 is 27.3. The molecule has 8 heteroatoms. The van der Waals surface area contributed by atoms with Gasteiger partial charge in [-0.25, -0.2) is 8.42 Å². The summed E-state index contributed by atoms with van der Waals surface area (Å²) in [6.45, 7) is 5.91. The fourth-order valence-corrected chi connectivity index (χ4v) is 5.02. The molecule has 1 aliphatic heterocycles. The van der Waals surface area contributed by atoms with Crippen LogP contribution in [0, 0.1) is 19.8 Å². The highest BCUT2D eigenvalue weighted by Gasteiger charge is 2.32. The van der Waals surface area contributed by atoms with Gasteiger partial charge >= 0.3 is 0 Å². The van der Waals surface area contributed by atoms with Gasteiger partial charge in [-0.3, -0.25) is 9.59 Å². The molecule has 30 heavy (non-hydrogen) atoms. The third kappa shape index (κ3) is 5.06. The van der Waals surface area contributed by atoms with Gasteiger partial charge in [0.15, 0.2) is 0 Å². The molecular weight excluding hydrogens is 402 g/mol. The van der Waals surface area contributed by atoms with E-state index < -0.39 is 10.0 Å². The van der Waals surface area contributed by atoms with Crippen molar-refractivity contribution >= 4 is 33.2 Å². The van der Waals surface area contributed by atoms with E-state index in [0.717, 1.165) is 11.1 Å². The van der Waals surface area contributed by atoms with Gasteiger partial charge in [0, 0.05) is 37.3 Å². The van der Waals surface area contributed by atoms with E-state index in [2.05, 4.69) is 10.6 Å². The van der Waals surface area contributed by atoms with Crippen molar-refractivity contribution in [1.29, 1.82) is 0 Å². The summed E-state index contributed by atoms with van der Waals surface area (Å²) in [6.07, 6.45) is 0.944. The Hall–Kier alpha value is -2.71. The van der Waals surface area contributed by atoms with Crippen molar-refractivity contribution in [1.82, 2.24) is 4.31 Å². The van der Waals surface area contributed by atoms with E-state index in [0.29, 0.717) is 42.2 Å². The molecule has 0 aromatic heterocycles. The standard InChI is InChI=1S/C22H27N3O4S/c1-15-4-9-21(14-16(15)2)30(28,29)25-12-10-18(11-13-25)22(27)24-20-7-5-19(6-8-20)23-17(3)26/h4-9,14,18H,10-13H2,1-3H3,(H,23,26)(H,24,27). The lowest BCUT2D eigenvalue weighted by Gasteiger charge is -2.30. The second kappa shape index (κ2) is 8.97. The topological polar surface area (TPSA) is 95.6 Å². The quantitative estimate of drug-likeness (QED) is 0.762. The number of sulfonamides is 1. The molecule has 0 atom stereocenters. The number of nitrogens with zero attached hydrogens (tertiary/aromatic N) is 1. The van der Waals surface area contributed by atoms with Crippen molar-refractivity contribution in [3.63, 3.8) is 0 Å². The number of carbonyl (C=O) groups excluding carboxylic acids is 2. The van der Waals surface area contributed by atoms with Crippen LogP contribution in [-0.4, -0.2) is 37.6 Å². The van der Waals surface area contributed by atoms with E-state index >= 15 is 0 Å². The SMILES string of the molecule is CC(=O)Nc1ccc(NC(=O)C2CCN(S(=O)(=O)c3ccc(C)c(C)c3)CC2)cc1. The zero-order valence-electron chi connectivity index (χ0n) is 17.4. The first-order valence-electron chi connectivity index (χ1n) is 9.93. The monoisotopic (exact) mass is 429 g/mol. The summed E-state index contributed by atoms with van der Waals surface area (Å²) in [6, 6.07) is 12.0. The summed E-state index contributed by atoms with van der Waals surface area (Å²) in [4.78, 5) is 24.0. The molecule has 160 valence electrons. The van der Waals surface area contributed by atoms with Gasteiger partial charge in [0.2, 0.25) is 21.8 Å². The molecule has 7 nitrogen and oxygen atoms in total. The van der Waals surface area contributed by atoms with Crippen LogP contribution in [0.1, 0.15) is 30.9 Å². The number of anilines is 2. The highest BCUT2D eigenvalue weighted by Crippen LogP contribution is 2.26. The van der Waals surface area contributed by atoms with E-state index in [-0.39, 0.29) is 17.7 Å². The molecule has 0 radical (unpaired) electrons. The molecule has 0 aliphatic carbocycles. The van der Waals surface area contributed by atoms with Crippen molar-refractivity contribution in [3.8, 4) is 0 Å². The molecule has 1 fully saturated rings. The minimum absolute atomic E-state index is 0.120. The fourth-order valence-electron chi connectivity index (χ4n) is 3.47. The highest BCUT2D eigenvalue weighted by atomic mass is 32.2. The molecule has 3 rings (SSSR count). The molecule has 0 spiro atoms. The molecule has 0 saturated carbocycles. The second-order valence-electron chi connectivity index (χ2n) is 7.67. The van der Waals surface area contributed by atoms with E-state index in [1.807, 2.05) is 19.9 Å². The molecule has 2 amide bonds. The minimum atomic E-state index is -3.56. The number of aryl methyl sites for hydroxylation is 2. The molecule has 1 heterocycles. The summed E-state index contributed by atoms with van der Waals surface area (Å²) in [5, 5.41) is 5.55. The lowest BCUT2D eigenvalue weighted by Crippen LogP contribution is -2.41. The average molecular weight is 430 g/mol. The maximum atomic E-state index is 12.9. The zero-order chi connectivity index (χ0) is 21.9. The molecule has 0 unspecified atom stereocenters. The van der Waals surface area contributed by atoms with Crippen molar-refractivity contribution in [2.75, 3.05) is 23.7 Å². The zero-order valence-corrected chi connectivity index (χ0v) is 18.3. The number of nitrogens with one attached hydrogen (secondary N) is 2. The Labute approximate surface area is 177 Å². The molecule has 2 N–H and O–H groups in total. The van der Waals surface area contributed by atoms with Crippen LogP contribution >= 0.6 is 0 Å². The van der Waals surface area contributed by atoms with Gasteiger partial charge in [-0.1, -0.05) is 6.07 Å². The van der Waals surface area contributed by atoms with Gasteiger partial charge in [-0.15, -0.1) is 0 Å². The average Bonchev–Trinajstić information content (AvgIpc) is 2.71. The van der Waals surface area contributed by atoms with E-state index in [1.54, 1.807) is 36.4 Å². The number of hydrogen-bond donors (Lipinski definition) is 2. The summed E-state index contributed by atoms with van der Waals surface area (Å²) in [5.74, 6) is -0.522. The largest absolute Gasteiger partial charge is 0.326 e. The maximum Gasteiger partial charge on any atom is 0.243 e. The van der Waals surface area contributed by atoms with Gasteiger partial charge in [-0.05, 0) is 74.2 Å². The van der Waals surface area contributed by atoms with Crippen LogP contribution in [0.5, 0.6) is 0 Å². The van der Waals surface area contributed by atoms with Crippen LogP contribution in [0.3, 0.4) is 0 Å². The minimum Gasteiger partial charge on any atom is -0.326 e. The highest BCUT2D eigenvalue weighted by molar-refractivity contribution is 7.89. The molecule has 2 aromatic carbocycles. The van der Waals surface area contributed by atoms with Crippen LogP contribution in [0.4, 0.5) is 11.4 Å². The number of benzene rings is 2. The third-order valence-corrected chi connectivity index (χ3v) is 7.31. The van der Waals surface area contributed by atoms with E-state index in [1.165, 1.54) is 11.2 Å². The van der Waals surface area contributed by atoms with Crippen molar-refractivity contribution in [3.05, 3.63) is 53.6 Å². The van der Waals surface area contributed by atoms with Crippen LogP contribution in [-0.2, 0) is 19.6 Å². The third-order valence-electron chi connectivity index (χ3n) is 5.41. The Balaban J connectivity index is 1.58. The molecule has 1 aliphatic rings. The fraction of sp³-hybridized carbons (Fsp3) is 0.364. The van der Waals surface area contributed by atoms with Gasteiger partial charge < -0.3 is 10.6 Å². The van der Waals surface area contributed by atoms with Gasteiger partial charge in [0.1, 0.15) is 0 Å². The Morgan fingerprint density at radius 2 is 1.47 bits per heavy atom. The second-order valence-corrected chi connectivity index (χ2v) is 9.61. The lowest BCUT2D eigenvalue weighted by atomic mass is 9.97. The van der Waals surface area contributed by atoms with Crippen molar-refractivity contribution in [2.45, 2.75) is 38.5 Å². The predicted molar refractivity (Wildman–Crippen MR) is 117 cm³/mol. The summed E-state index contributed by atoms with van der Waals surface area (Å²) >= 11 is 0. The van der Waals surface area contributed by atoms with Crippen molar-refractivity contribution < 1.29 is 18.0 Å². The summed E-state index contributed by atoms with van der Waals surface area (Å²) in [5.41, 5.74) is 3.29. The Morgan fingerprint density at radius 1 is 0.900 bits per heavy atom. The number of carbonyl (C=O) groups is 2.